The number of rotatable bonds is 1. The van der Waals surface area contributed by atoms with Crippen molar-refractivity contribution in [3.05, 3.63) is 77.5 Å². The number of hydrogen-bond donors (Lipinski definition) is 1. The minimum atomic E-state index is -0.590. The van der Waals surface area contributed by atoms with E-state index in [0.29, 0.717) is 5.70 Å². The highest BCUT2D eigenvalue weighted by Gasteiger charge is 2.21. The van der Waals surface area contributed by atoms with E-state index in [1.54, 1.807) is 0 Å². The Hall–Kier alpha value is -2.86. The van der Waals surface area contributed by atoms with Gasteiger partial charge in [-0.2, -0.15) is 5.26 Å². The van der Waals surface area contributed by atoms with Crippen molar-refractivity contribution in [2.24, 2.45) is 4.99 Å². The van der Waals surface area contributed by atoms with Crippen LogP contribution in [-0.4, -0.2) is 11.8 Å². The number of aliphatic imine (C=N–C) groups is 1. The highest BCUT2D eigenvalue weighted by atomic mass is 15.0. The summed E-state index contributed by atoms with van der Waals surface area (Å²) in [6.45, 7) is 5.98. The lowest BCUT2D eigenvalue weighted by Gasteiger charge is -2.11. The van der Waals surface area contributed by atoms with Gasteiger partial charge in [0.25, 0.3) is 0 Å². The highest BCUT2D eigenvalue weighted by Crippen LogP contribution is 2.27. The summed E-state index contributed by atoms with van der Waals surface area (Å²) in [6, 6.07) is 17.7. The van der Waals surface area contributed by atoms with E-state index in [2.05, 4.69) is 29.0 Å². The van der Waals surface area contributed by atoms with E-state index in [0.717, 1.165) is 28.1 Å². The molecule has 2 aromatic rings. The Labute approximate surface area is 124 Å². The largest absolute Gasteiger partial charge is 0.356 e. The Balaban J connectivity index is 2.25. The number of benzodiazepines with no additional fused rings is 1. The summed E-state index contributed by atoms with van der Waals surface area (Å²) >= 11 is 0. The zero-order valence-electron chi connectivity index (χ0n) is 11.8. The van der Waals surface area contributed by atoms with Crippen LogP contribution in [0.3, 0.4) is 0 Å². The van der Waals surface area contributed by atoms with Gasteiger partial charge in [-0.05, 0) is 19.1 Å². The topological polar surface area (TPSA) is 48.2 Å². The molecule has 0 spiro atoms. The molecule has 2 aromatic carbocycles. The van der Waals surface area contributed by atoms with Crippen LogP contribution in [0.4, 0.5) is 5.69 Å². The fourth-order valence-corrected chi connectivity index (χ4v) is 2.41. The fourth-order valence-electron chi connectivity index (χ4n) is 2.41. The Morgan fingerprint density at radius 3 is 2.67 bits per heavy atom. The predicted octanol–water partition coefficient (Wildman–Crippen LogP) is 3.66. The monoisotopic (exact) mass is 273 g/mol. The second kappa shape index (κ2) is 5.26. The number of nitrogens with one attached hydrogen (secondary N) is 1. The first-order valence-corrected chi connectivity index (χ1v) is 6.79. The maximum atomic E-state index is 9.33. The molecular weight excluding hydrogens is 258 g/mol. The Bertz CT molecular complexity index is 767. The first kappa shape index (κ1) is 13.1. The van der Waals surface area contributed by atoms with E-state index in [1.807, 2.05) is 49.4 Å². The quantitative estimate of drug-likeness (QED) is 0.862. The minimum absolute atomic E-state index is 0.590. The molecule has 0 saturated heterocycles. The smallest absolute Gasteiger partial charge is 0.176 e. The third-order valence-corrected chi connectivity index (χ3v) is 3.48. The molecule has 1 atom stereocenters. The van der Waals surface area contributed by atoms with Gasteiger partial charge >= 0.3 is 0 Å². The molecular formula is C18H15N3. The molecule has 0 radical (unpaired) electrons. The van der Waals surface area contributed by atoms with Gasteiger partial charge in [-0.25, -0.2) is 0 Å². The first-order valence-electron chi connectivity index (χ1n) is 6.79. The average molecular weight is 273 g/mol. The van der Waals surface area contributed by atoms with Crippen molar-refractivity contribution < 1.29 is 0 Å². The summed E-state index contributed by atoms with van der Waals surface area (Å²) in [4.78, 5) is 4.62. The molecule has 1 aliphatic rings. The van der Waals surface area contributed by atoms with E-state index in [4.69, 9.17) is 0 Å². The number of nitrogens with zero attached hydrogens (tertiary/aromatic N) is 2. The maximum Gasteiger partial charge on any atom is 0.176 e. The van der Waals surface area contributed by atoms with Crippen LogP contribution >= 0.6 is 0 Å². The molecule has 0 aliphatic carbocycles. The lowest BCUT2D eigenvalue weighted by molar-refractivity contribution is 0.981. The van der Waals surface area contributed by atoms with Crippen LogP contribution in [0.2, 0.25) is 0 Å². The number of hydrogen-bond acceptors (Lipinski definition) is 3. The van der Waals surface area contributed by atoms with E-state index in [9.17, 15) is 5.26 Å². The van der Waals surface area contributed by atoms with Crippen molar-refractivity contribution >= 4 is 11.4 Å². The van der Waals surface area contributed by atoms with E-state index < -0.39 is 6.04 Å². The van der Waals surface area contributed by atoms with Crippen LogP contribution in [0.15, 0.2) is 65.8 Å². The standard InChI is InChI=1S/C18H15N3/c1-12-8-9-16-15(10-12)18(14-6-4-3-5-7-14)21-17(11-19)13(2)20-16/h3-10,17,20H,2H2,1H3. The molecule has 1 heterocycles. The molecule has 0 saturated carbocycles. The van der Waals surface area contributed by atoms with E-state index >= 15 is 0 Å². The van der Waals surface area contributed by atoms with Crippen LogP contribution in [-0.2, 0) is 0 Å². The van der Waals surface area contributed by atoms with Gasteiger partial charge in [-0.3, -0.25) is 4.99 Å². The number of anilines is 1. The second-order valence-corrected chi connectivity index (χ2v) is 5.07. The molecule has 3 nitrogen and oxygen atoms in total. The van der Waals surface area contributed by atoms with Crippen LogP contribution in [0, 0.1) is 18.3 Å². The van der Waals surface area contributed by atoms with Gasteiger partial charge in [0.05, 0.1) is 11.8 Å². The second-order valence-electron chi connectivity index (χ2n) is 5.07. The highest BCUT2D eigenvalue weighted by molar-refractivity contribution is 6.16. The summed E-state index contributed by atoms with van der Waals surface area (Å²) in [7, 11) is 0. The molecule has 3 heteroatoms. The summed E-state index contributed by atoms with van der Waals surface area (Å²) in [5.74, 6) is 0. The van der Waals surface area contributed by atoms with Gasteiger partial charge in [0.2, 0.25) is 0 Å². The molecule has 0 aromatic heterocycles. The van der Waals surface area contributed by atoms with Crippen molar-refractivity contribution in [2.45, 2.75) is 13.0 Å². The van der Waals surface area contributed by atoms with Crippen molar-refractivity contribution in [2.75, 3.05) is 5.32 Å². The number of aryl methyl sites for hydroxylation is 1. The minimum Gasteiger partial charge on any atom is -0.356 e. The third-order valence-electron chi connectivity index (χ3n) is 3.48. The average Bonchev–Trinajstić information content (AvgIpc) is 2.64. The van der Waals surface area contributed by atoms with Crippen molar-refractivity contribution in [1.29, 1.82) is 5.26 Å². The molecule has 102 valence electrons. The van der Waals surface area contributed by atoms with Gasteiger partial charge in [-0.15, -0.1) is 0 Å². The number of fused-ring (bicyclic) bond motifs is 1. The Morgan fingerprint density at radius 1 is 1.19 bits per heavy atom. The van der Waals surface area contributed by atoms with Crippen molar-refractivity contribution in [3.8, 4) is 6.07 Å². The van der Waals surface area contributed by atoms with E-state index in [1.165, 1.54) is 0 Å². The van der Waals surface area contributed by atoms with Gasteiger partial charge < -0.3 is 5.32 Å². The fraction of sp³-hybridized carbons (Fsp3) is 0.111. The Kier molecular flexibility index (Phi) is 3.29. The molecule has 1 N–H and O–H groups in total. The lowest BCUT2D eigenvalue weighted by atomic mass is 9.99. The SMILES string of the molecule is C=C1Nc2ccc(C)cc2C(c2ccccc2)=NC1C#N. The first-order chi connectivity index (χ1) is 10.2. The summed E-state index contributed by atoms with van der Waals surface area (Å²) in [5.41, 5.74) is 5.52. The molecule has 0 amide bonds. The number of nitriles is 1. The van der Waals surface area contributed by atoms with Crippen LogP contribution in [0.1, 0.15) is 16.7 Å². The van der Waals surface area contributed by atoms with Crippen LogP contribution in [0.5, 0.6) is 0 Å². The third kappa shape index (κ3) is 2.44. The van der Waals surface area contributed by atoms with Gasteiger partial charge in [0, 0.05) is 22.5 Å². The maximum absolute atomic E-state index is 9.33. The lowest BCUT2D eigenvalue weighted by Crippen LogP contribution is -2.11. The molecule has 0 bridgehead atoms. The van der Waals surface area contributed by atoms with Gasteiger partial charge in [0.1, 0.15) is 0 Å². The molecule has 1 aliphatic heterocycles. The zero-order chi connectivity index (χ0) is 14.8. The van der Waals surface area contributed by atoms with Crippen molar-refractivity contribution in [1.82, 2.24) is 0 Å². The summed E-state index contributed by atoms with van der Waals surface area (Å²) in [6.07, 6.45) is 0. The Morgan fingerprint density at radius 2 is 1.95 bits per heavy atom. The van der Waals surface area contributed by atoms with E-state index in [-0.39, 0.29) is 0 Å². The predicted molar refractivity (Wildman–Crippen MR) is 85.4 cm³/mol. The van der Waals surface area contributed by atoms with Gasteiger partial charge in [-0.1, -0.05) is 48.5 Å². The summed E-state index contributed by atoms with van der Waals surface area (Å²) in [5, 5.41) is 12.5. The van der Waals surface area contributed by atoms with Gasteiger partial charge in [0.15, 0.2) is 6.04 Å². The zero-order valence-corrected chi connectivity index (χ0v) is 11.8. The molecule has 0 fully saturated rings. The molecule has 3 rings (SSSR count). The van der Waals surface area contributed by atoms with Crippen LogP contribution in [0.25, 0.3) is 0 Å². The number of benzene rings is 2. The summed E-state index contributed by atoms with van der Waals surface area (Å²) < 4.78 is 0. The van der Waals surface area contributed by atoms with Crippen LogP contribution < -0.4 is 5.32 Å². The molecule has 21 heavy (non-hydrogen) atoms. The normalized spacial score (nSPS) is 17.0. The molecule has 1 unspecified atom stereocenters. The van der Waals surface area contributed by atoms with Crippen molar-refractivity contribution in [3.63, 3.8) is 0 Å².